The molecule has 0 unspecified atom stereocenters. The maximum Gasteiger partial charge on any atom is 0.128 e. The predicted molar refractivity (Wildman–Crippen MR) is 68.9 cm³/mol. The van der Waals surface area contributed by atoms with E-state index in [0.29, 0.717) is 0 Å². The first-order valence-corrected chi connectivity index (χ1v) is 5.85. The number of rotatable bonds is 1. The Morgan fingerprint density at radius 3 is 3.00 bits per heavy atom. The molecule has 4 heteroatoms. The van der Waals surface area contributed by atoms with Gasteiger partial charge in [-0.2, -0.15) is 0 Å². The van der Waals surface area contributed by atoms with E-state index in [9.17, 15) is 0 Å². The van der Waals surface area contributed by atoms with Crippen molar-refractivity contribution < 1.29 is 0 Å². The van der Waals surface area contributed by atoms with Crippen LogP contribution >= 0.6 is 0 Å². The summed E-state index contributed by atoms with van der Waals surface area (Å²) in [5.74, 6) is 1.13. The van der Waals surface area contributed by atoms with Crippen molar-refractivity contribution in [2.45, 2.75) is 20.0 Å². The average Bonchev–Trinajstić information content (AvgIpc) is 2.75. The van der Waals surface area contributed by atoms with Crippen molar-refractivity contribution >= 4 is 11.4 Å². The minimum Gasteiger partial charge on any atom is -0.399 e. The molecule has 0 atom stereocenters. The molecule has 1 aromatic heterocycles. The molecule has 1 aliphatic heterocycles. The second-order valence-electron chi connectivity index (χ2n) is 4.50. The molecule has 3 rings (SSSR count). The van der Waals surface area contributed by atoms with Crippen molar-refractivity contribution in [1.29, 1.82) is 0 Å². The number of fused-ring (bicyclic) bond motifs is 1. The molecule has 2 heterocycles. The third kappa shape index (κ3) is 1.75. The second-order valence-corrected chi connectivity index (χ2v) is 4.50. The lowest BCUT2D eigenvalue weighted by Gasteiger charge is -2.30. The number of anilines is 2. The van der Waals surface area contributed by atoms with Gasteiger partial charge in [0, 0.05) is 36.9 Å². The van der Waals surface area contributed by atoms with E-state index in [-0.39, 0.29) is 0 Å². The van der Waals surface area contributed by atoms with E-state index in [1.54, 1.807) is 0 Å². The van der Waals surface area contributed by atoms with E-state index in [4.69, 9.17) is 5.73 Å². The molecule has 2 aromatic rings. The van der Waals surface area contributed by atoms with E-state index in [0.717, 1.165) is 31.1 Å². The smallest absolute Gasteiger partial charge is 0.128 e. The van der Waals surface area contributed by atoms with Gasteiger partial charge in [0.25, 0.3) is 0 Å². The number of hydrogen-bond donors (Lipinski definition) is 1. The number of nitrogens with two attached hydrogens (primary N) is 1. The van der Waals surface area contributed by atoms with Gasteiger partial charge < -0.3 is 15.2 Å². The van der Waals surface area contributed by atoms with Crippen LogP contribution in [0.5, 0.6) is 0 Å². The summed E-state index contributed by atoms with van der Waals surface area (Å²) in [6.07, 6.45) is 3.91. The minimum absolute atomic E-state index is 0.824. The van der Waals surface area contributed by atoms with Gasteiger partial charge in [-0.15, -0.1) is 0 Å². The summed E-state index contributed by atoms with van der Waals surface area (Å²) in [6.45, 7) is 5.00. The summed E-state index contributed by atoms with van der Waals surface area (Å²) in [7, 11) is 0. The Hall–Kier alpha value is -1.97. The molecule has 1 aromatic carbocycles. The van der Waals surface area contributed by atoms with Crippen LogP contribution < -0.4 is 10.6 Å². The average molecular weight is 228 g/mol. The molecular formula is C13H16N4. The first-order valence-electron chi connectivity index (χ1n) is 5.85. The molecule has 0 fully saturated rings. The van der Waals surface area contributed by atoms with E-state index in [1.165, 1.54) is 11.3 Å². The zero-order valence-corrected chi connectivity index (χ0v) is 9.93. The Balaban J connectivity index is 1.91. The van der Waals surface area contributed by atoms with Gasteiger partial charge in [0.1, 0.15) is 5.82 Å². The number of hydrogen-bond acceptors (Lipinski definition) is 3. The van der Waals surface area contributed by atoms with Gasteiger partial charge in [-0.05, 0) is 30.7 Å². The molecule has 0 saturated heterocycles. The fraction of sp³-hybridized carbons (Fsp3) is 0.308. The molecule has 0 spiro atoms. The van der Waals surface area contributed by atoms with E-state index in [1.807, 2.05) is 24.5 Å². The highest BCUT2D eigenvalue weighted by Gasteiger charge is 2.17. The Kier molecular flexibility index (Phi) is 2.28. The number of aryl methyl sites for hydroxylation is 1. The Morgan fingerprint density at radius 1 is 1.29 bits per heavy atom. The van der Waals surface area contributed by atoms with Gasteiger partial charge >= 0.3 is 0 Å². The van der Waals surface area contributed by atoms with Crippen molar-refractivity contribution in [3.05, 3.63) is 42.0 Å². The normalized spacial score (nSPS) is 14.8. The van der Waals surface area contributed by atoms with Crippen molar-refractivity contribution in [1.82, 2.24) is 9.55 Å². The highest BCUT2D eigenvalue weighted by molar-refractivity contribution is 5.59. The summed E-state index contributed by atoms with van der Waals surface area (Å²) in [4.78, 5) is 6.73. The zero-order valence-electron chi connectivity index (χ0n) is 9.93. The minimum atomic E-state index is 0.824. The van der Waals surface area contributed by atoms with Gasteiger partial charge in [-0.25, -0.2) is 4.98 Å². The maximum absolute atomic E-state index is 5.78. The highest BCUT2D eigenvalue weighted by Crippen LogP contribution is 2.25. The van der Waals surface area contributed by atoms with Crippen molar-refractivity contribution in [3.63, 3.8) is 0 Å². The van der Waals surface area contributed by atoms with Crippen LogP contribution in [-0.2, 0) is 13.1 Å². The first-order chi connectivity index (χ1) is 8.24. The van der Waals surface area contributed by atoms with Crippen LogP contribution in [0, 0.1) is 6.92 Å². The topological polar surface area (TPSA) is 47.1 Å². The van der Waals surface area contributed by atoms with Crippen LogP contribution in [0.2, 0.25) is 0 Å². The fourth-order valence-electron chi connectivity index (χ4n) is 2.41. The largest absolute Gasteiger partial charge is 0.399 e. The van der Waals surface area contributed by atoms with Crippen LogP contribution in [0.1, 0.15) is 11.4 Å². The summed E-state index contributed by atoms with van der Waals surface area (Å²) in [5.41, 5.74) is 9.09. The quantitative estimate of drug-likeness (QED) is 0.757. The molecule has 1 aliphatic rings. The van der Waals surface area contributed by atoms with E-state index >= 15 is 0 Å². The summed E-state index contributed by atoms with van der Waals surface area (Å²) in [6, 6.07) is 6.09. The van der Waals surface area contributed by atoms with Crippen LogP contribution in [0.3, 0.4) is 0 Å². The van der Waals surface area contributed by atoms with Crippen LogP contribution in [0.25, 0.3) is 0 Å². The summed E-state index contributed by atoms with van der Waals surface area (Å²) >= 11 is 0. The first kappa shape index (κ1) is 10.2. The van der Waals surface area contributed by atoms with Crippen molar-refractivity contribution in [2.75, 3.05) is 17.2 Å². The summed E-state index contributed by atoms with van der Waals surface area (Å²) in [5, 5.41) is 0. The lowest BCUT2D eigenvalue weighted by atomic mass is 10.1. The third-order valence-corrected chi connectivity index (χ3v) is 3.31. The van der Waals surface area contributed by atoms with Crippen LogP contribution in [-0.4, -0.2) is 16.1 Å². The molecular weight excluding hydrogens is 212 g/mol. The Labute approximate surface area is 101 Å². The van der Waals surface area contributed by atoms with Crippen molar-refractivity contribution in [2.24, 2.45) is 0 Å². The molecule has 0 saturated carbocycles. The number of nitrogens with zero attached hydrogens (tertiary/aromatic N) is 3. The fourth-order valence-corrected chi connectivity index (χ4v) is 2.41. The lowest BCUT2D eigenvalue weighted by molar-refractivity contribution is 0.559. The maximum atomic E-state index is 5.78. The van der Waals surface area contributed by atoms with Gasteiger partial charge in [-0.1, -0.05) is 0 Å². The van der Waals surface area contributed by atoms with Crippen LogP contribution in [0.15, 0.2) is 30.6 Å². The highest BCUT2D eigenvalue weighted by atomic mass is 15.2. The molecule has 4 nitrogen and oxygen atoms in total. The number of imidazole rings is 1. The SMILES string of the molecule is Cc1cc(N)ccc1N1CCn2ccnc2C1. The van der Waals surface area contributed by atoms with Gasteiger partial charge in [0.15, 0.2) is 0 Å². The molecule has 0 radical (unpaired) electrons. The standard InChI is InChI=1S/C13H16N4/c1-10-8-11(14)2-3-12(10)17-7-6-16-5-4-15-13(16)9-17/h2-5,8H,6-7,9,14H2,1H3. The zero-order chi connectivity index (χ0) is 11.8. The van der Waals surface area contributed by atoms with Gasteiger partial charge in [0.05, 0.1) is 6.54 Å². The Morgan fingerprint density at radius 2 is 2.18 bits per heavy atom. The lowest BCUT2D eigenvalue weighted by Crippen LogP contribution is -2.34. The number of nitrogen functional groups attached to an aromatic ring is 1. The second kappa shape index (κ2) is 3.80. The molecule has 17 heavy (non-hydrogen) atoms. The van der Waals surface area contributed by atoms with Gasteiger partial charge in [-0.3, -0.25) is 0 Å². The van der Waals surface area contributed by atoms with E-state index < -0.39 is 0 Å². The molecule has 88 valence electrons. The Bertz CT molecular complexity index is 544. The number of aromatic nitrogens is 2. The molecule has 0 bridgehead atoms. The summed E-state index contributed by atoms with van der Waals surface area (Å²) < 4.78 is 2.21. The van der Waals surface area contributed by atoms with Gasteiger partial charge in [0.2, 0.25) is 0 Å². The monoisotopic (exact) mass is 228 g/mol. The van der Waals surface area contributed by atoms with Crippen LogP contribution in [0.4, 0.5) is 11.4 Å². The predicted octanol–water partition coefficient (Wildman–Crippen LogP) is 1.79. The van der Waals surface area contributed by atoms with E-state index in [2.05, 4.69) is 27.4 Å². The number of benzene rings is 1. The van der Waals surface area contributed by atoms with Crippen molar-refractivity contribution in [3.8, 4) is 0 Å². The molecule has 0 amide bonds. The molecule has 2 N–H and O–H groups in total. The third-order valence-electron chi connectivity index (χ3n) is 3.31. The molecule has 0 aliphatic carbocycles.